The monoisotopic (exact) mass is 435 g/mol. The first kappa shape index (κ1) is 22.9. The second-order valence-corrected chi connectivity index (χ2v) is 7.42. The number of ether oxygens (including phenoxy) is 1. The maximum atomic E-state index is 12.9. The number of alkyl halides is 3. The minimum atomic E-state index is -4.20. The summed E-state index contributed by atoms with van der Waals surface area (Å²) in [6.07, 6.45) is -2.51. The second-order valence-electron chi connectivity index (χ2n) is 7.42. The van der Waals surface area contributed by atoms with Gasteiger partial charge in [-0.2, -0.15) is 13.2 Å². The smallest absolute Gasteiger partial charge is 0.403 e. The lowest BCUT2D eigenvalue weighted by Crippen LogP contribution is -2.56. The number of aliphatic imine (C=N–C) groups is 1. The van der Waals surface area contributed by atoms with E-state index in [2.05, 4.69) is 15.3 Å². The molecule has 0 amide bonds. The maximum Gasteiger partial charge on any atom is 0.403 e. The van der Waals surface area contributed by atoms with Gasteiger partial charge in [0.25, 0.3) is 0 Å². The Labute approximate surface area is 180 Å². The number of nitrogens with one attached hydrogen (secondary N) is 1. The van der Waals surface area contributed by atoms with Gasteiger partial charge in [-0.3, -0.25) is 9.89 Å². The van der Waals surface area contributed by atoms with Crippen LogP contribution in [0.2, 0.25) is 0 Å². The summed E-state index contributed by atoms with van der Waals surface area (Å²) < 4.78 is 44.6. The third-order valence-electron chi connectivity index (χ3n) is 5.33. The summed E-state index contributed by atoms with van der Waals surface area (Å²) in [5.41, 5.74) is 2.04. The number of guanidine groups is 1. The molecule has 2 heterocycles. The Morgan fingerprint density at radius 3 is 2.48 bits per heavy atom. The molecule has 0 saturated carbocycles. The van der Waals surface area contributed by atoms with E-state index in [-0.39, 0.29) is 0 Å². The Balaban J connectivity index is 1.50. The van der Waals surface area contributed by atoms with Crippen molar-refractivity contribution >= 4 is 5.96 Å². The number of halogens is 3. The molecule has 2 aromatic rings. The average molecular weight is 435 g/mol. The van der Waals surface area contributed by atoms with Crippen molar-refractivity contribution in [3.63, 3.8) is 0 Å². The predicted octanol–water partition coefficient (Wildman–Crippen LogP) is 3.30. The molecule has 9 heteroatoms. The first-order valence-corrected chi connectivity index (χ1v) is 10.2. The Bertz CT molecular complexity index is 852. The van der Waals surface area contributed by atoms with Crippen LogP contribution in [0.4, 0.5) is 13.2 Å². The van der Waals surface area contributed by atoms with Crippen LogP contribution in [-0.4, -0.2) is 66.2 Å². The second kappa shape index (κ2) is 10.5. The molecular formula is C22H28F3N5O. The molecule has 168 valence electrons. The molecule has 6 nitrogen and oxygen atoms in total. The van der Waals surface area contributed by atoms with Crippen molar-refractivity contribution in [2.24, 2.45) is 4.99 Å². The van der Waals surface area contributed by atoms with Gasteiger partial charge in [-0.1, -0.05) is 30.3 Å². The molecule has 1 atom stereocenters. The summed E-state index contributed by atoms with van der Waals surface area (Å²) in [5.74, 6) is 1.20. The zero-order valence-electron chi connectivity index (χ0n) is 17.8. The predicted molar refractivity (Wildman–Crippen MR) is 114 cm³/mol. The molecule has 1 unspecified atom stereocenters. The van der Waals surface area contributed by atoms with E-state index in [1.165, 1.54) is 11.8 Å². The van der Waals surface area contributed by atoms with Gasteiger partial charge < -0.3 is 15.0 Å². The molecule has 3 rings (SSSR count). The van der Waals surface area contributed by atoms with Crippen LogP contribution in [0.15, 0.2) is 53.7 Å². The summed E-state index contributed by atoms with van der Waals surface area (Å²) in [5, 5.41) is 3.28. The molecule has 1 aliphatic heterocycles. The Morgan fingerprint density at radius 2 is 1.84 bits per heavy atom. The SMILES string of the molecule is CN=C(NCc1ccnc(OCc2ccccc2)c1)N1CCN(C(C)C(F)(F)F)CC1. The molecule has 0 radical (unpaired) electrons. The van der Waals surface area contributed by atoms with E-state index in [4.69, 9.17) is 4.74 Å². The highest BCUT2D eigenvalue weighted by Gasteiger charge is 2.41. The normalized spacial score (nSPS) is 16.8. The van der Waals surface area contributed by atoms with Gasteiger partial charge in [-0.25, -0.2) is 4.98 Å². The highest BCUT2D eigenvalue weighted by atomic mass is 19.4. The molecular weight excluding hydrogens is 407 g/mol. The van der Waals surface area contributed by atoms with Gasteiger partial charge in [0.15, 0.2) is 5.96 Å². The largest absolute Gasteiger partial charge is 0.473 e. The molecule has 1 fully saturated rings. The molecule has 0 spiro atoms. The topological polar surface area (TPSA) is 53.0 Å². The number of hydrogen-bond donors (Lipinski definition) is 1. The van der Waals surface area contributed by atoms with Gasteiger partial charge in [-0.05, 0) is 24.1 Å². The van der Waals surface area contributed by atoms with Crippen molar-refractivity contribution in [3.05, 3.63) is 59.8 Å². The lowest BCUT2D eigenvalue weighted by Gasteiger charge is -2.39. The van der Waals surface area contributed by atoms with E-state index in [1.54, 1.807) is 13.2 Å². The Hall–Kier alpha value is -2.81. The number of pyridine rings is 1. The zero-order chi connectivity index (χ0) is 22.3. The third kappa shape index (κ3) is 6.58. The van der Waals surface area contributed by atoms with Crippen molar-refractivity contribution in [1.82, 2.24) is 20.1 Å². The number of nitrogens with zero attached hydrogens (tertiary/aromatic N) is 4. The van der Waals surface area contributed by atoms with E-state index in [9.17, 15) is 13.2 Å². The highest BCUT2D eigenvalue weighted by Crippen LogP contribution is 2.25. The Kier molecular flexibility index (Phi) is 7.73. The first-order valence-electron chi connectivity index (χ1n) is 10.2. The van der Waals surface area contributed by atoms with E-state index >= 15 is 0 Å². The van der Waals surface area contributed by atoms with Gasteiger partial charge in [0.1, 0.15) is 12.6 Å². The number of rotatable bonds is 6. The van der Waals surface area contributed by atoms with Crippen LogP contribution in [0.3, 0.4) is 0 Å². The summed E-state index contributed by atoms with van der Waals surface area (Å²) in [4.78, 5) is 12.0. The fourth-order valence-corrected chi connectivity index (χ4v) is 3.41. The van der Waals surface area contributed by atoms with Gasteiger partial charge in [0, 0.05) is 52.0 Å². The molecule has 1 aromatic carbocycles. The standard InChI is InChI=1S/C22H28F3N5O/c1-17(22(23,24)25)29-10-12-30(13-11-29)21(26-2)28-15-19-8-9-27-20(14-19)31-16-18-6-4-3-5-7-18/h3-9,14,17H,10-13,15-16H2,1-2H3,(H,26,28). The van der Waals surface area contributed by atoms with Crippen LogP contribution in [0.1, 0.15) is 18.1 Å². The molecule has 0 aliphatic carbocycles. The van der Waals surface area contributed by atoms with Gasteiger partial charge in [0.2, 0.25) is 5.88 Å². The van der Waals surface area contributed by atoms with Gasteiger partial charge >= 0.3 is 6.18 Å². The van der Waals surface area contributed by atoms with Crippen LogP contribution < -0.4 is 10.1 Å². The first-order chi connectivity index (χ1) is 14.9. The van der Waals surface area contributed by atoms with E-state index < -0.39 is 12.2 Å². The van der Waals surface area contributed by atoms with Crippen LogP contribution in [0.5, 0.6) is 5.88 Å². The molecule has 31 heavy (non-hydrogen) atoms. The number of aromatic nitrogens is 1. The minimum Gasteiger partial charge on any atom is -0.473 e. The van der Waals surface area contributed by atoms with Crippen molar-refractivity contribution in [1.29, 1.82) is 0 Å². The van der Waals surface area contributed by atoms with Crippen molar-refractivity contribution in [2.75, 3.05) is 33.2 Å². The molecule has 1 aromatic heterocycles. The zero-order valence-corrected chi connectivity index (χ0v) is 17.8. The minimum absolute atomic E-state index is 0.341. The van der Waals surface area contributed by atoms with Crippen molar-refractivity contribution < 1.29 is 17.9 Å². The maximum absolute atomic E-state index is 12.9. The van der Waals surface area contributed by atoms with E-state index in [0.717, 1.165) is 11.1 Å². The number of benzene rings is 1. The number of hydrogen-bond acceptors (Lipinski definition) is 4. The van der Waals surface area contributed by atoms with Gasteiger partial charge in [-0.15, -0.1) is 0 Å². The summed E-state index contributed by atoms with van der Waals surface area (Å²) in [6, 6.07) is 12.2. The van der Waals surface area contributed by atoms with Crippen LogP contribution in [0.25, 0.3) is 0 Å². The molecule has 1 saturated heterocycles. The van der Waals surface area contributed by atoms with Gasteiger partial charge in [0.05, 0.1) is 0 Å². The molecule has 1 N–H and O–H groups in total. The van der Waals surface area contributed by atoms with E-state index in [1.807, 2.05) is 47.4 Å². The fraction of sp³-hybridized carbons (Fsp3) is 0.455. The number of piperazine rings is 1. The molecule has 0 bridgehead atoms. The average Bonchev–Trinajstić information content (AvgIpc) is 2.78. The Morgan fingerprint density at radius 1 is 1.13 bits per heavy atom. The van der Waals surface area contributed by atoms with Crippen LogP contribution in [-0.2, 0) is 13.2 Å². The summed E-state index contributed by atoms with van der Waals surface area (Å²) >= 11 is 0. The lowest BCUT2D eigenvalue weighted by atomic mass is 10.2. The van der Waals surface area contributed by atoms with Crippen LogP contribution >= 0.6 is 0 Å². The lowest BCUT2D eigenvalue weighted by molar-refractivity contribution is -0.181. The van der Waals surface area contributed by atoms with Crippen LogP contribution in [0, 0.1) is 0 Å². The quantitative estimate of drug-likeness (QED) is 0.558. The molecule has 1 aliphatic rings. The third-order valence-corrected chi connectivity index (χ3v) is 5.33. The fourth-order valence-electron chi connectivity index (χ4n) is 3.41. The highest BCUT2D eigenvalue weighted by molar-refractivity contribution is 5.80. The van der Waals surface area contributed by atoms with Crippen molar-refractivity contribution in [3.8, 4) is 5.88 Å². The van der Waals surface area contributed by atoms with Crippen molar-refractivity contribution in [2.45, 2.75) is 32.3 Å². The summed E-state index contributed by atoms with van der Waals surface area (Å²) in [6.45, 7) is 3.82. The van der Waals surface area contributed by atoms with E-state index in [0.29, 0.717) is 51.2 Å². The summed E-state index contributed by atoms with van der Waals surface area (Å²) in [7, 11) is 1.67.